The second-order valence-electron chi connectivity index (χ2n) is 13.9. The fraction of sp³-hybridized carbons (Fsp3) is 0. The fourth-order valence-electron chi connectivity index (χ4n) is 8.10. The second kappa shape index (κ2) is 12.6. The maximum absolute atomic E-state index is 5.32. The zero-order valence-corrected chi connectivity index (χ0v) is 29.6. The van der Waals surface area contributed by atoms with Gasteiger partial charge in [0, 0.05) is 50.1 Å². The van der Waals surface area contributed by atoms with Crippen LogP contribution in [0, 0.1) is 0 Å². The lowest BCUT2D eigenvalue weighted by atomic mass is 9.98. The molecule has 5 nitrogen and oxygen atoms in total. The molecule has 0 amide bonds. The Balaban J connectivity index is 1.18. The Morgan fingerprint density at radius 3 is 1.85 bits per heavy atom. The number of nitrogens with zero attached hydrogens (tertiary/aromatic N) is 5. The summed E-state index contributed by atoms with van der Waals surface area (Å²) in [4.78, 5) is 20.7. The molecule has 0 N–H and O–H groups in total. The van der Waals surface area contributed by atoms with Gasteiger partial charge in [-0.15, -0.1) is 0 Å². The van der Waals surface area contributed by atoms with Crippen molar-refractivity contribution in [1.82, 2.24) is 24.5 Å². The third-order valence-corrected chi connectivity index (χ3v) is 10.6. The van der Waals surface area contributed by atoms with Crippen molar-refractivity contribution in [1.29, 1.82) is 0 Å². The molecule has 0 radical (unpaired) electrons. The highest BCUT2D eigenvalue weighted by atomic mass is 15.0. The first-order valence-corrected chi connectivity index (χ1v) is 18.5. The van der Waals surface area contributed by atoms with E-state index in [0.717, 1.165) is 77.0 Å². The zero-order valence-electron chi connectivity index (χ0n) is 29.6. The van der Waals surface area contributed by atoms with Gasteiger partial charge in [-0.25, -0.2) is 15.0 Å². The summed E-state index contributed by atoms with van der Waals surface area (Å²) in [6.07, 6.45) is 1.96. The van der Waals surface area contributed by atoms with Crippen LogP contribution >= 0.6 is 0 Å². The van der Waals surface area contributed by atoms with Crippen LogP contribution in [-0.2, 0) is 0 Å². The van der Waals surface area contributed by atoms with E-state index in [1.807, 2.05) is 12.3 Å². The maximum atomic E-state index is 5.32. The first-order chi connectivity index (χ1) is 27.3. The standard InChI is InChI=1S/C50H31N5/c1-3-13-32(14-4-1)34-16-11-17-35(29-34)48-52-49(36-25-26-37-31-51-43-28-27-33-15-7-8-20-39(33)46(43)42(37)30-36)54-50(53-48)41-22-12-24-45-47(41)40-21-9-10-23-44(40)55(45)38-18-5-2-6-19-38/h1-31H. The molecule has 0 bridgehead atoms. The van der Waals surface area contributed by atoms with Gasteiger partial charge in [-0.05, 0) is 69.8 Å². The molecule has 256 valence electrons. The first-order valence-electron chi connectivity index (χ1n) is 18.5. The molecule has 11 rings (SSSR count). The minimum atomic E-state index is 0.612. The Hall–Kier alpha value is -7.50. The molecule has 0 spiro atoms. The van der Waals surface area contributed by atoms with Gasteiger partial charge in [0.1, 0.15) is 0 Å². The average Bonchev–Trinajstić information content (AvgIpc) is 3.61. The van der Waals surface area contributed by atoms with Gasteiger partial charge in [0.15, 0.2) is 17.5 Å². The van der Waals surface area contributed by atoms with Crippen LogP contribution in [-0.4, -0.2) is 24.5 Å². The summed E-state index contributed by atoms with van der Waals surface area (Å²) in [7, 11) is 0. The molecule has 0 fully saturated rings. The highest BCUT2D eigenvalue weighted by Gasteiger charge is 2.20. The number of pyridine rings is 1. The van der Waals surface area contributed by atoms with Crippen molar-refractivity contribution in [3.05, 3.63) is 188 Å². The molecular weight excluding hydrogens is 671 g/mol. The molecule has 0 aliphatic rings. The highest BCUT2D eigenvalue weighted by molar-refractivity contribution is 6.19. The van der Waals surface area contributed by atoms with Crippen molar-refractivity contribution in [2.75, 3.05) is 0 Å². The fourth-order valence-corrected chi connectivity index (χ4v) is 8.10. The van der Waals surface area contributed by atoms with E-state index in [-0.39, 0.29) is 0 Å². The van der Waals surface area contributed by atoms with E-state index in [9.17, 15) is 0 Å². The van der Waals surface area contributed by atoms with Crippen molar-refractivity contribution >= 4 is 54.3 Å². The van der Waals surface area contributed by atoms with Crippen LogP contribution in [0.25, 0.3) is 105 Å². The van der Waals surface area contributed by atoms with Gasteiger partial charge in [0.2, 0.25) is 0 Å². The number of aromatic nitrogens is 5. The van der Waals surface area contributed by atoms with Crippen molar-refractivity contribution in [2.45, 2.75) is 0 Å². The minimum Gasteiger partial charge on any atom is -0.309 e. The summed E-state index contributed by atoms with van der Waals surface area (Å²) in [6, 6.07) is 63.6. The molecule has 0 saturated heterocycles. The predicted octanol–water partition coefficient (Wildman–Crippen LogP) is 12.5. The van der Waals surface area contributed by atoms with E-state index in [1.54, 1.807) is 0 Å². The van der Waals surface area contributed by atoms with Crippen LogP contribution in [0.4, 0.5) is 0 Å². The molecule has 8 aromatic carbocycles. The van der Waals surface area contributed by atoms with Crippen molar-refractivity contribution in [3.8, 4) is 51.0 Å². The lowest BCUT2D eigenvalue weighted by molar-refractivity contribution is 1.08. The average molecular weight is 702 g/mol. The monoisotopic (exact) mass is 701 g/mol. The third kappa shape index (κ3) is 5.17. The van der Waals surface area contributed by atoms with E-state index in [4.69, 9.17) is 19.9 Å². The van der Waals surface area contributed by atoms with Gasteiger partial charge >= 0.3 is 0 Å². The summed E-state index contributed by atoms with van der Waals surface area (Å²) in [5, 5.41) is 7.90. The molecule has 55 heavy (non-hydrogen) atoms. The molecule has 0 aliphatic heterocycles. The van der Waals surface area contributed by atoms with Gasteiger partial charge in [-0.1, -0.05) is 140 Å². The SMILES string of the molecule is c1ccc(-c2cccc(-c3nc(-c4ccc5cnc6ccc7ccccc7c6c5c4)nc(-c4cccc5c4c4ccccc4n5-c4ccccc4)n3)c2)cc1. The normalized spacial score (nSPS) is 11.6. The topological polar surface area (TPSA) is 56.5 Å². The lowest BCUT2D eigenvalue weighted by Gasteiger charge is -2.12. The van der Waals surface area contributed by atoms with E-state index >= 15 is 0 Å². The highest BCUT2D eigenvalue weighted by Crippen LogP contribution is 2.39. The summed E-state index contributed by atoms with van der Waals surface area (Å²) < 4.78 is 2.33. The number of benzene rings is 8. The van der Waals surface area contributed by atoms with Gasteiger partial charge in [0.25, 0.3) is 0 Å². The van der Waals surface area contributed by atoms with E-state index < -0.39 is 0 Å². The molecule has 3 aromatic heterocycles. The number of rotatable bonds is 5. The van der Waals surface area contributed by atoms with Crippen LogP contribution in [0.3, 0.4) is 0 Å². The molecule has 5 heteroatoms. The summed E-state index contributed by atoms with van der Waals surface area (Å²) in [6.45, 7) is 0. The summed E-state index contributed by atoms with van der Waals surface area (Å²) in [5.74, 6) is 1.85. The number of hydrogen-bond donors (Lipinski definition) is 0. The zero-order chi connectivity index (χ0) is 36.3. The van der Waals surface area contributed by atoms with Gasteiger partial charge < -0.3 is 4.57 Å². The Morgan fingerprint density at radius 1 is 0.364 bits per heavy atom. The van der Waals surface area contributed by atoms with Crippen LogP contribution in [0.5, 0.6) is 0 Å². The second-order valence-corrected chi connectivity index (χ2v) is 13.9. The van der Waals surface area contributed by atoms with Gasteiger partial charge in [-0.2, -0.15) is 0 Å². The van der Waals surface area contributed by atoms with Crippen molar-refractivity contribution in [2.24, 2.45) is 0 Å². The van der Waals surface area contributed by atoms with Gasteiger partial charge in [-0.3, -0.25) is 4.98 Å². The quantitative estimate of drug-likeness (QED) is 0.168. The largest absolute Gasteiger partial charge is 0.309 e. The Morgan fingerprint density at radius 2 is 1.00 bits per heavy atom. The number of fused-ring (bicyclic) bond motifs is 8. The number of para-hydroxylation sites is 2. The van der Waals surface area contributed by atoms with E-state index in [1.165, 1.54) is 10.8 Å². The molecule has 0 saturated carbocycles. The number of hydrogen-bond acceptors (Lipinski definition) is 4. The summed E-state index contributed by atoms with van der Waals surface area (Å²) >= 11 is 0. The van der Waals surface area contributed by atoms with Crippen LogP contribution < -0.4 is 0 Å². The van der Waals surface area contributed by atoms with Crippen LogP contribution in [0.15, 0.2) is 188 Å². The molecule has 3 heterocycles. The Labute approximate surface area is 316 Å². The molecule has 11 aromatic rings. The Bertz CT molecular complexity index is 3250. The van der Waals surface area contributed by atoms with Crippen LogP contribution in [0.1, 0.15) is 0 Å². The molecule has 0 atom stereocenters. The first kappa shape index (κ1) is 31.1. The lowest BCUT2D eigenvalue weighted by Crippen LogP contribution is -2.01. The maximum Gasteiger partial charge on any atom is 0.164 e. The Kier molecular flexibility index (Phi) is 7.10. The predicted molar refractivity (Wildman–Crippen MR) is 226 cm³/mol. The summed E-state index contributed by atoms with van der Waals surface area (Å²) in [5.41, 5.74) is 9.31. The molecule has 0 aliphatic carbocycles. The molecule has 0 unspecified atom stereocenters. The minimum absolute atomic E-state index is 0.612. The van der Waals surface area contributed by atoms with E-state index in [2.05, 4.69) is 180 Å². The van der Waals surface area contributed by atoms with Crippen molar-refractivity contribution in [3.63, 3.8) is 0 Å². The third-order valence-electron chi connectivity index (χ3n) is 10.6. The smallest absolute Gasteiger partial charge is 0.164 e. The molecular formula is C50H31N5. The van der Waals surface area contributed by atoms with E-state index in [0.29, 0.717) is 17.5 Å². The van der Waals surface area contributed by atoms with Crippen molar-refractivity contribution < 1.29 is 0 Å². The van der Waals surface area contributed by atoms with Crippen LogP contribution in [0.2, 0.25) is 0 Å². The van der Waals surface area contributed by atoms with Gasteiger partial charge in [0.05, 0.1) is 16.6 Å².